The summed E-state index contributed by atoms with van der Waals surface area (Å²) in [6.45, 7) is 13.5. The Bertz CT molecular complexity index is 302. The molecule has 0 radical (unpaired) electrons. The number of ether oxygens (including phenoxy) is 1. The molecule has 1 fully saturated rings. The van der Waals surface area contributed by atoms with E-state index in [4.69, 9.17) is 10.5 Å². The van der Waals surface area contributed by atoms with E-state index in [0.29, 0.717) is 6.42 Å². The van der Waals surface area contributed by atoms with Gasteiger partial charge in [-0.25, -0.2) is 0 Å². The molecule has 5 nitrogen and oxygen atoms in total. The van der Waals surface area contributed by atoms with Gasteiger partial charge in [-0.3, -0.25) is 9.69 Å². The number of nitrogens with zero attached hydrogens (tertiary/aromatic N) is 2. The van der Waals surface area contributed by atoms with E-state index >= 15 is 0 Å². The lowest BCUT2D eigenvalue weighted by Crippen LogP contribution is -2.55. The third-order valence-electron chi connectivity index (χ3n) is 3.92. The Labute approximate surface area is 117 Å². The Morgan fingerprint density at radius 2 is 1.68 bits per heavy atom. The molecule has 0 aliphatic carbocycles. The van der Waals surface area contributed by atoms with Crippen LogP contribution in [0.4, 0.5) is 0 Å². The maximum Gasteiger partial charge on any atom is 0.325 e. The van der Waals surface area contributed by atoms with Crippen molar-refractivity contribution in [2.45, 2.75) is 45.2 Å². The highest BCUT2D eigenvalue weighted by Crippen LogP contribution is 2.17. The molecule has 1 saturated heterocycles. The van der Waals surface area contributed by atoms with Crippen molar-refractivity contribution >= 4 is 5.97 Å². The van der Waals surface area contributed by atoms with Crippen LogP contribution in [0.1, 0.15) is 34.1 Å². The summed E-state index contributed by atoms with van der Waals surface area (Å²) in [4.78, 5) is 16.4. The van der Waals surface area contributed by atoms with Crippen molar-refractivity contribution in [3.05, 3.63) is 0 Å². The molecule has 0 aromatic rings. The molecular weight excluding hydrogens is 242 g/mol. The molecule has 2 N–H and O–H groups in total. The van der Waals surface area contributed by atoms with Crippen LogP contribution in [-0.4, -0.2) is 66.7 Å². The van der Waals surface area contributed by atoms with Gasteiger partial charge in [-0.1, -0.05) is 0 Å². The van der Waals surface area contributed by atoms with Gasteiger partial charge in [0.25, 0.3) is 0 Å². The molecule has 0 aromatic carbocycles. The molecule has 0 amide bonds. The molecule has 1 unspecified atom stereocenters. The zero-order chi connectivity index (χ0) is 14.7. The first-order chi connectivity index (χ1) is 8.66. The van der Waals surface area contributed by atoms with E-state index in [1.807, 2.05) is 0 Å². The van der Waals surface area contributed by atoms with Crippen molar-refractivity contribution in [2.75, 3.05) is 39.8 Å². The Balaban J connectivity index is 2.36. The molecule has 1 rings (SSSR count). The number of methoxy groups -OCH3 is 1. The Hall–Kier alpha value is -0.650. The van der Waals surface area contributed by atoms with E-state index < -0.39 is 5.54 Å². The standard InChI is InChI=1S/C14H29N3O2/c1-13(2,3)17-10-8-16(9-11-17)7-6-14(4,15)12(18)19-5/h6-11,15H2,1-5H3. The number of rotatable bonds is 4. The number of hydrogen-bond acceptors (Lipinski definition) is 5. The second-order valence-electron chi connectivity index (χ2n) is 6.66. The monoisotopic (exact) mass is 271 g/mol. The van der Waals surface area contributed by atoms with Gasteiger partial charge in [-0.15, -0.1) is 0 Å². The summed E-state index contributed by atoms with van der Waals surface area (Å²) in [7, 11) is 1.38. The SMILES string of the molecule is COC(=O)C(C)(N)CCN1CCN(C(C)(C)C)CC1. The molecule has 0 aromatic heterocycles. The fourth-order valence-electron chi connectivity index (χ4n) is 2.37. The van der Waals surface area contributed by atoms with Crippen LogP contribution in [-0.2, 0) is 9.53 Å². The number of esters is 1. The fourth-order valence-corrected chi connectivity index (χ4v) is 2.37. The molecule has 0 spiro atoms. The minimum atomic E-state index is -0.879. The van der Waals surface area contributed by atoms with Gasteiger partial charge in [-0.2, -0.15) is 0 Å². The predicted octanol–water partition coefficient (Wildman–Crippen LogP) is 0.683. The Morgan fingerprint density at radius 3 is 2.11 bits per heavy atom. The van der Waals surface area contributed by atoms with Crippen molar-refractivity contribution in [3.8, 4) is 0 Å². The van der Waals surface area contributed by atoms with Crippen LogP contribution in [0.3, 0.4) is 0 Å². The molecule has 19 heavy (non-hydrogen) atoms. The minimum absolute atomic E-state index is 0.237. The fraction of sp³-hybridized carbons (Fsp3) is 0.929. The van der Waals surface area contributed by atoms with E-state index in [1.54, 1.807) is 6.92 Å². The summed E-state index contributed by atoms with van der Waals surface area (Å²) in [6, 6.07) is 0. The molecule has 1 atom stereocenters. The summed E-state index contributed by atoms with van der Waals surface area (Å²) in [5.41, 5.74) is 5.33. The van der Waals surface area contributed by atoms with Crippen LogP contribution >= 0.6 is 0 Å². The summed E-state index contributed by atoms with van der Waals surface area (Å²) in [5.74, 6) is -0.333. The largest absolute Gasteiger partial charge is 0.468 e. The van der Waals surface area contributed by atoms with Crippen molar-refractivity contribution in [3.63, 3.8) is 0 Å². The van der Waals surface area contributed by atoms with Gasteiger partial charge in [0, 0.05) is 38.3 Å². The third-order valence-corrected chi connectivity index (χ3v) is 3.92. The van der Waals surface area contributed by atoms with Crippen LogP contribution < -0.4 is 5.73 Å². The van der Waals surface area contributed by atoms with Crippen molar-refractivity contribution in [1.82, 2.24) is 9.80 Å². The quantitative estimate of drug-likeness (QED) is 0.762. The average Bonchev–Trinajstić information content (AvgIpc) is 2.35. The van der Waals surface area contributed by atoms with Gasteiger partial charge in [0.2, 0.25) is 0 Å². The number of carbonyl (C=O) groups excluding carboxylic acids is 1. The van der Waals surface area contributed by atoms with Gasteiger partial charge in [0.05, 0.1) is 7.11 Å². The van der Waals surface area contributed by atoms with Crippen molar-refractivity contribution in [1.29, 1.82) is 0 Å². The van der Waals surface area contributed by atoms with Gasteiger partial charge in [-0.05, 0) is 34.1 Å². The number of hydrogen-bond donors (Lipinski definition) is 1. The molecule has 112 valence electrons. The predicted molar refractivity (Wildman–Crippen MR) is 77.0 cm³/mol. The highest BCUT2D eigenvalue weighted by molar-refractivity contribution is 5.79. The van der Waals surface area contributed by atoms with Gasteiger partial charge in [0.1, 0.15) is 5.54 Å². The van der Waals surface area contributed by atoms with Gasteiger partial charge < -0.3 is 15.4 Å². The molecule has 1 aliphatic heterocycles. The molecule has 0 bridgehead atoms. The summed E-state index contributed by atoms with van der Waals surface area (Å²) in [6.07, 6.45) is 0.634. The number of piperazine rings is 1. The van der Waals surface area contributed by atoms with E-state index in [-0.39, 0.29) is 11.5 Å². The highest BCUT2D eigenvalue weighted by atomic mass is 16.5. The second-order valence-corrected chi connectivity index (χ2v) is 6.66. The molecule has 1 heterocycles. The first-order valence-electron chi connectivity index (χ1n) is 7.01. The third kappa shape index (κ3) is 4.75. The highest BCUT2D eigenvalue weighted by Gasteiger charge is 2.31. The van der Waals surface area contributed by atoms with Crippen molar-refractivity contribution in [2.24, 2.45) is 5.73 Å². The van der Waals surface area contributed by atoms with E-state index in [1.165, 1.54) is 7.11 Å². The van der Waals surface area contributed by atoms with Crippen LogP contribution in [0.5, 0.6) is 0 Å². The summed E-state index contributed by atoms with van der Waals surface area (Å²) in [5, 5.41) is 0. The van der Waals surface area contributed by atoms with Crippen LogP contribution in [0, 0.1) is 0 Å². The van der Waals surface area contributed by atoms with Crippen LogP contribution in [0.2, 0.25) is 0 Å². The lowest BCUT2D eigenvalue weighted by Gasteiger charge is -2.42. The maximum absolute atomic E-state index is 11.5. The summed E-state index contributed by atoms with van der Waals surface area (Å²) >= 11 is 0. The number of nitrogens with two attached hydrogens (primary N) is 1. The van der Waals surface area contributed by atoms with Crippen LogP contribution in [0.25, 0.3) is 0 Å². The zero-order valence-corrected chi connectivity index (χ0v) is 13.0. The summed E-state index contributed by atoms with van der Waals surface area (Å²) < 4.78 is 4.73. The lowest BCUT2D eigenvalue weighted by atomic mass is 9.99. The van der Waals surface area contributed by atoms with E-state index in [9.17, 15) is 4.79 Å². The van der Waals surface area contributed by atoms with Crippen LogP contribution in [0.15, 0.2) is 0 Å². The van der Waals surface area contributed by atoms with Gasteiger partial charge >= 0.3 is 5.97 Å². The van der Waals surface area contributed by atoms with E-state index in [0.717, 1.165) is 32.7 Å². The lowest BCUT2D eigenvalue weighted by molar-refractivity contribution is -0.146. The topological polar surface area (TPSA) is 58.8 Å². The Kier molecular flexibility index (Phi) is 5.35. The first-order valence-corrected chi connectivity index (χ1v) is 7.01. The first kappa shape index (κ1) is 16.4. The molecule has 5 heteroatoms. The normalized spacial score (nSPS) is 22.0. The molecular formula is C14H29N3O2. The Morgan fingerprint density at radius 1 is 1.16 bits per heavy atom. The smallest absolute Gasteiger partial charge is 0.325 e. The second kappa shape index (κ2) is 6.20. The van der Waals surface area contributed by atoms with Gasteiger partial charge in [0.15, 0.2) is 0 Å². The molecule has 0 saturated carbocycles. The van der Waals surface area contributed by atoms with E-state index in [2.05, 4.69) is 30.6 Å². The maximum atomic E-state index is 11.5. The van der Waals surface area contributed by atoms with Crippen molar-refractivity contribution < 1.29 is 9.53 Å². The number of carbonyl (C=O) groups is 1. The zero-order valence-electron chi connectivity index (χ0n) is 13.0. The average molecular weight is 271 g/mol. The minimum Gasteiger partial charge on any atom is -0.468 e. The molecule has 1 aliphatic rings.